The molecule has 2 nitrogen and oxygen atoms in total. The van der Waals surface area contributed by atoms with Crippen LogP contribution in [0.5, 0.6) is 0 Å². The van der Waals surface area contributed by atoms with Crippen molar-refractivity contribution >= 4 is 0 Å². The van der Waals surface area contributed by atoms with Crippen molar-refractivity contribution in [2.45, 2.75) is 52.6 Å². The maximum atomic E-state index is 10.6. The standard InChI is InChI=1S/C15H22O2/c1-9-8-17-14-11(9)7-15(3)10(2)5-4-6-12(15)13(14)16/h8,10,12-13,16H,4-7H2,1-3H3/t10-,12-,13-,15+/m1/s1. The summed E-state index contributed by atoms with van der Waals surface area (Å²) in [5.74, 6) is 1.92. The quantitative estimate of drug-likeness (QED) is 0.743. The van der Waals surface area contributed by atoms with Crippen LogP contribution in [-0.4, -0.2) is 5.11 Å². The van der Waals surface area contributed by atoms with Gasteiger partial charge in [-0.05, 0) is 48.1 Å². The van der Waals surface area contributed by atoms with Gasteiger partial charge in [-0.25, -0.2) is 0 Å². The second kappa shape index (κ2) is 3.61. The first-order valence-corrected chi connectivity index (χ1v) is 6.79. The molecule has 0 bridgehead atoms. The fourth-order valence-corrected chi connectivity index (χ4v) is 4.02. The molecule has 0 amide bonds. The third-order valence-electron chi connectivity index (χ3n) is 5.47. The number of aryl methyl sites for hydroxylation is 1. The third-order valence-corrected chi connectivity index (χ3v) is 5.47. The Morgan fingerprint density at radius 2 is 2.18 bits per heavy atom. The van der Waals surface area contributed by atoms with E-state index in [1.54, 1.807) is 6.26 Å². The highest BCUT2D eigenvalue weighted by atomic mass is 16.4. The molecule has 17 heavy (non-hydrogen) atoms. The highest BCUT2D eigenvalue weighted by Gasteiger charge is 2.50. The molecule has 4 atom stereocenters. The number of hydrogen-bond acceptors (Lipinski definition) is 2. The van der Waals surface area contributed by atoms with Crippen LogP contribution in [0.25, 0.3) is 0 Å². The largest absolute Gasteiger partial charge is 0.466 e. The fraction of sp³-hybridized carbons (Fsp3) is 0.733. The van der Waals surface area contributed by atoms with E-state index >= 15 is 0 Å². The highest BCUT2D eigenvalue weighted by molar-refractivity contribution is 5.33. The molecule has 1 heterocycles. The lowest BCUT2D eigenvalue weighted by atomic mass is 9.55. The van der Waals surface area contributed by atoms with Gasteiger partial charge in [0.1, 0.15) is 11.9 Å². The van der Waals surface area contributed by atoms with Crippen LogP contribution in [0.4, 0.5) is 0 Å². The van der Waals surface area contributed by atoms with E-state index in [1.807, 2.05) is 0 Å². The average Bonchev–Trinajstić information content (AvgIpc) is 2.64. The van der Waals surface area contributed by atoms with Gasteiger partial charge in [0.05, 0.1) is 6.26 Å². The van der Waals surface area contributed by atoms with Gasteiger partial charge < -0.3 is 9.52 Å². The van der Waals surface area contributed by atoms with Gasteiger partial charge in [-0.1, -0.05) is 26.7 Å². The molecule has 2 aliphatic carbocycles. The van der Waals surface area contributed by atoms with E-state index in [9.17, 15) is 5.11 Å². The van der Waals surface area contributed by atoms with Crippen LogP contribution in [0, 0.1) is 24.2 Å². The van der Waals surface area contributed by atoms with Crippen LogP contribution in [0.15, 0.2) is 10.7 Å². The van der Waals surface area contributed by atoms with Gasteiger partial charge in [0.2, 0.25) is 0 Å². The number of rotatable bonds is 0. The molecule has 2 heteroatoms. The first-order chi connectivity index (χ1) is 8.04. The number of hydrogen-bond donors (Lipinski definition) is 1. The molecule has 0 aliphatic heterocycles. The van der Waals surface area contributed by atoms with Gasteiger partial charge in [-0.15, -0.1) is 0 Å². The Kier molecular flexibility index (Phi) is 2.41. The molecule has 0 saturated heterocycles. The van der Waals surface area contributed by atoms with E-state index in [4.69, 9.17) is 4.42 Å². The summed E-state index contributed by atoms with van der Waals surface area (Å²) in [7, 11) is 0. The fourth-order valence-electron chi connectivity index (χ4n) is 4.02. The second-order valence-corrected chi connectivity index (χ2v) is 6.33. The summed E-state index contributed by atoms with van der Waals surface area (Å²) in [5, 5.41) is 10.6. The maximum absolute atomic E-state index is 10.6. The molecule has 1 saturated carbocycles. The lowest BCUT2D eigenvalue weighted by molar-refractivity contribution is -0.0597. The summed E-state index contributed by atoms with van der Waals surface area (Å²) in [6, 6.07) is 0. The Hall–Kier alpha value is -0.760. The van der Waals surface area contributed by atoms with Gasteiger partial charge in [-0.3, -0.25) is 0 Å². The zero-order chi connectivity index (χ0) is 12.2. The first-order valence-electron chi connectivity index (χ1n) is 6.79. The summed E-state index contributed by atoms with van der Waals surface area (Å²) in [6.45, 7) is 6.80. The minimum atomic E-state index is -0.389. The number of furan rings is 1. The monoisotopic (exact) mass is 234 g/mol. The lowest BCUT2D eigenvalue weighted by Crippen LogP contribution is -2.45. The molecule has 1 aromatic rings. The van der Waals surface area contributed by atoms with Crippen molar-refractivity contribution in [3.63, 3.8) is 0 Å². The van der Waals surface area contributed by atoms with Crippen LogP contribution in [-0.2, 0) is 6.42 Å². The van der Waals surface area contributed by atoms with E-state index in [2.05, 4.69) is 20.8 Å². The molecule has 0 aromatic carbocycles. The second-order valence-electron chi connectivity index (χ2n) is 6.33. The minimum Gasteiger partial charge on any atom is -0.466 e. The third kappa shape index (κ3) is 1.43. The molecule has 0 radical (unpaired) electrons. The van der Waals surface area contributed by atoms with Gasteiger partial charge in [0.15, 0.2) is 0 Å². The predicted octanol–water partition coefficient (Wildman–Crippen LogP) is 3.62. The molecule has 94 valence electrons. The van der Waals surface area contributed by atoms with Crippen LogP contribution >= 0.6 is 0 Å². The highest BCUT2D eigenvalue weighted by Crippen LogP contribution is 2.56. The van der Waals surface area contributed by atoms with Crippen molar-refractivity contribution < 1.29 is 9.52 Å². The van der Waals surface area contributed by atoms with E-state index in [0.29, 0.717) is 11.8 Å². The summed E-state index contributed by atoms with van der Waals surface area (Å²) in [6.07, 6.45) is 6.17. The Morgan fingerprint density at radius 3 is 2.94 bits per heavy atom. The summed E-state index contributed by atoms with van der Waals surface area (Å²) in [5.41, 5.74) is 2.72. The van der Waals surface area contributed by atoms with Gasteiger partial charge in [-0.2, -0.15) is 0 Å². The molecule has 1 N–H and O–H groups in total. The maximum Gasteiger partial charge on any atom is 0.136 e. The smallest absolute Gasteiger partial charge is 0.136 e. The molecular formula is C15H22O2. The van der Waals surface area contributed by atoms with Gasteiger partial charge >= 0.3 is 0 Å². The predicted molar refractivity (Wildman–Crippen MR) is 66.7 cm³/mol. The van der Waals surface area contributed by atoms with E-state index in [0.717, 1.165) is 18.6 Å². The van der Waals surface area contributed by atoms with E-state index in [1.165, 1.54) is 24.0 Å². The Labute approximate surface area is 103 Å². The molecule has 0 unspecified atom stereocenters. The summed E-state index contributed by atoms with van der Waals surface area (Å²) in [4.78, 5) is 0. The van der Waals surface area contributed by atoms with Crippen LogP contribution < -0.4 is 0 Å². The average molecular weight is 234 g/mol. The molecule has 2 aliphatic rings. The van der Waals surface area contributed by atoms with Crippen molar-refractivity contribution in [1.82, 2.24) is 0 Å². The first kappa shape index (κ1) is 11.3. The van der Waals surface area contributed by atoms with Gasteiger partial charge in [0.25, 0.3) is 0 Å². The lowest BCUT2D eigenvalue weighted by Gasteiger charge is -2.50. The SMILES string of the molecule is Cc1coc2c1C[C@@]1(C)[C@H](C)CCC[C@@H]1[C@H]2O. The normalized spacial score (nSPS) is 40.8. The van der Waals surface area contributed by atoms with Crippen LogP contribution in [0.2, 0.25) is 0 Å². The topological polar surface area (TPSA) is 33.4 Å². The van der Waals surface area contributed by atoms with Crippen molar-refractivity contribution in [2.75, 3.05) is 0 Å². The minimum absolute atomic E-state index is 0.249. The number of aliphatic hydroxyl groups excluding tert-OH is 1. The molecular weight excluding hydrogens is 212 g/mol. The Balaban J connectivity index is 2.08. The summed E-state index contributed by atoms with van der Waals surface area (Å²) >= 11 is 0. The van der Waals surface area contributed by atoms with E-state index in [-0.39, 0.29) is 11.5 Å². The van der Waals surface area contributed by atoms with Crippen LogP contribution in [0.3, 0.4) is 0 Å². The summed E-state index contributed by atoms with van der Waals surface area (Å²) < 4.78 is 5.58. The number of aliphatic hydroxyl groups is 1. The van der Waals surface area contributed by atoms with Crippen LogP contribution in [0.1, 0.15) is 56.1 Å². The molecule has 1 aromatic heterocycles. The Morgan fingerprint density at radius 1 is 1.41 bits per heavy atom. The van der Waals surface area contributed by atoms with Crippen molar-refractivity contribution in [2.24, 2.45) is 17.3 Å². The molecule has 0 spiro atoms. The number of fused-ring (bicyclic) bond motifs is 2. The molecule has 1 fully saturated rings. The zero-order valence-electron chi connectivity index (χ0n) is 11.0. The van der Waals surface area contributed by atoms with Gasteiger partial charge in [0, 0.05) is 0 Å². The van der Waals surface area contributed by atoms with Crippen molar-refractivity contribution in [3.05, 3.63) is 23.2 Å². The Bertz CT molecular complexity index is 434. The molecule has 3 rings (SSSR count). The zero-order valence-corrected chi connectivity index (χ0v) is 11.0. The van der Waals surface area contributed by atoms with E-state index < -0.39 is 0 Å². The van der Waals surface area contributed by atoms with Crippen molar-refractivity contribution in [3.8, 4) is 0 Å². The van der Waals surface area contributed by atoms with Crippen molar-refractivity contribution in [1.29, 1.82) is 0 Å².